The lowest BCUT2D eigenvalue weighted by molar-refractivity contribution is 0.601. The molecule has 14 heavy (non-hydrogen) atoms. The first-order valence-corrected chi connectivity index (χ1v) is 5.76. The molecule has 0 aliphatic heterocycles. The third-order valence-electron chi connectivity index (χ3n) is 1.91. The van der Waals surface area contributed by atoms with Crippen LogP contribution in [0.2, 0.25) is 0 Å². The van der Waals surface area contributed by atoms with Crippen molar-refractivity contribution < 1.29 is 4.39 Å². The molecular formula is C11H16FNS. The van der Waals surface area contributed by atoms with Gasteiger partial charge in [0.05, 0.1) is 0 Å². The average molecular weight is 213 g/mol. The lowest BCUT2D eigenvalue weighted by Crippen LogP contribution is -1.92. The highest BCUT2D eigenvalue weighted by Gasteiger charge is 2.03. The number of thioether (sulfide) groups is 1. The Morgan fingerprint density at radius 2 is 2.14 bits per heavy atom. The second-order valence-electron chi connectivity index (χ2n) is 3.72. The zero-order valence-corrected chi connectivity index (χ0v) is 9.40. The highest BCUT2D eigenvalue weighted by molar-refractivity contribution is 7.99. The quantitative estimate of drug-likeness (QED) is 0.611. The zero-order chi connectivity index (χ0) is 10.6. The van der Waals surface area contributed by atoms with Gasteiger partial charge in [0, 0.05) is 10.6 Å². The Morgan fingerprint density at radius 3 is 2.71 bits per heavy atom. The Kier molecular flexibility index (Phi) is 4.26. The lowest BCUT2D eigenvalue weighted by Gasteiger charge is -2.05. The van der Waals surface area contributed by atoms with E-state index in [9.17, 15) is 4.39 Å². The van der Waals surface area contributed by atoms with Gasteiger partial charge in [-0.3, -0.25) is 0 Å². The molecule has 2 N–H and O–H groups in total. The van der Waals surface area contributed by atoms with E-state index in [0.717, 1.165) is 12.2 Å². The number of anilines is 1. The minimum Gasteiger partial charge on any atom is -0.399 e. The van der Waals surface area contributed by atoms with Gasteiger partial charge in [0.1, 0.15) is 5.82 Å². The van der Waals surface area contributed by atoms with E-state index in [1.807, 2.05) is 0 Å². The van der Waals surface area contributed by atoms with Gasteiger partial charge in [-0.1, -0.05) is 13.8 Å². The van der Waals surface area contributed by atoms with Crippen LogP contribution in [0.4, 0.5) is 10.1 Å². The first-order valence-electron chi connectivity index (χ1n) is 4.77. The normalized spacial score (nSPS) is 10.9. The van der Waals surface area contributed by atoms with Gasteiger partial charge < -0.3 is 5.73 Å². The standard InChI is InChI=1S/C11H16FNS/c1-8(2)5-6-14-11-4-3-9(13)7-10(11)12/h3-4,7-8H,5-6,13H2,1-2H3. The molecular weight excluding hydrogens is 197 g/mol. The number of hydrogen-bond donors (Lipinski definition) is 1. The Bertz CT molecular complexity index is 299. The Labute approximate surface area is 88.9 Å². The first kappa shape index (κ1) is 11.4. The van der Waals surface area contributed by atoms with Crippen LogP contribution in [0.25, 0.3) is 0 Å². The molecule has 0 saturated heterocycles. The van der Waals surface area contributed by atoms with E-state index in [-0.39, 0.29) is 5.82 Å². The van der Waals surface area contributed by atoms with Crippen molar-refractivity contribution in [2.75, 3.05) is 11.5 Å². The van der Waals surface area contributed by atoms with E-state index in [0.29, 0.717) is 16.5 Å². The maximum Gasteiger partial charge on any atom is 0.138 e. The molecule has 1 aromatic rings. The summed E-state index contributed by atoms with van der Waals surface area (Å²) in [7, 11) is 0. The fourth-order valence-corrected chi connectivity index (χ4v) is 2.21. The van der Waals surface area contributed by atoms with Crippen LogP contribution in [0.3, 0.4) is 0 Å². The topological polar surface area (TPSA) is 26.0 Å². The third kappa shape index (κ3) is 3.58. The molecule has 0 spiro atoms. The van der Waals surface area contributed by atoms with Gasteiger partial charge in [0.15, 0.2) is 0 Å². The largest absolute Gasteiger partial charge is 0.399 e. The predicted octanol–water partition coefficient (Wildman–Crippen LogP) is 3.55. The summed E-state index contributed by atoms with van der Waals surface area (Å²) in [6, 6.07) is 4.86. The Morgan fingerprint density at radius 1 is 1.43 bits per heavy atom. The summed E-state index contributed by atoms with van der Waals surface area (Å²) >= 11 is 1.55. The Hall–Kier alpha value is -0.700. The van der Waals surface area contributed by atoms with Crippen LogP contribution in [-0.4, -0.2) is 5.75 Å². The second kappa shape index (κ2) is 5.25. The molecule has 0 bridgehead atoms. The van der Waals surface area contributed by atoms with Gasteiger partial charge in [-0.05, 0) is 36.3 Å². The molecule has 78 valence electrons. The monoisotopic (exact) mass is 213 g/mol. The fourth-order valence-electron chi connectivity index (χ4n) is 1.04. The highest BCUT2D eigenvalue weighted by atomic mass is 32.2. The number of halogens is 1. The molecule has 0 heterocycles. The zero-order valence-electron chi connectivity index (χ0n) is 8.59. The van der Waals surface area contributed by atoms with Crippen molar-refractivity contribution in [1.29, 1.82) is 0 Å². The smallest absolute Gasteiger partial charge is 0.138 e. The van der Waals surface area contributed by atoms with Crippen molar-refractivity contribution in [3.8, 4) is 0 Å². The highest BCUT2D eigenvalue weighted by Crippen LogP contribution is 2.24. The van der Waals surface area contributed by atoms with Gasteiger partial charge >= 0.3 is 0 Å². The van der Waals surface area contributed by atoms with E-state index in [4.69, 9.17) is 5.73 Å². The van der Waals surface area contributed by atoms with Crippen LogP contribution in [0.15, 0.2) is 23.1 Å². The number of benzene rings is 1. The molecule has 0 aliphatic carbocycles. The molecule has 0 radical (unpaired) electrons. The Balaban J connectivity index is 2.51. The summed E-state index contributed by atoms with van der Waals surface area (Å²) in [4.78, 5) is 0.694. The van der Waals surface area contributed by atoms with E-state index < -0.39 is 0 Å². The molecule has 3 heteroatoms. The molecule has 0 aromatic heterocycles. The molecule has 0 atom stereocenters. The summed E-state index contributed by atoms with van der Waals surface area (Å²) in [6.45, 7) is 4.33. The van der Waals surface area contributed by atoms with E-state index in [1.54, 1.807) is 23.9 Å². The van der Waals surface area contributed by atoms with Crippen molar-refractivity contribution in [3.05, 3.63) is 24.0 Å². The summed E-state index contributed by atoms with van der Waals surface area (Å²) in [5.74, 6) is 1.41. The van der Waals surface area contributed by atoms with E-state index in [2.05, 4.69) is 13.8 Å². The molecule has 0 fully saturated rings. The molecule has 1 aromatic carbocycles. The van der Waals surface area contributed by atoms with Crippen molar-refractivity contribution >= 4 is 17.4 Å². The van der Waals surface area contributed by atoms with Crippen LogP contribution >= 0.6 is 11.8 Å². The maximum absolute atomic E-state index is 13.3. The van der Waals surface area contributed by atoms with Gasteiger partial charge in [0.25, 0.3) is 0 Å². The van der Waals surface area contributed by atoms with E-state index in [1.165, 1.54) is 6.07 Å². The second-order valence-corrected chi connectivity index (χ2v) is 4.86. The van der Waals surface area contributed by atoms with E-state index >= 15 is 0 Å². The van der Waals surface area contributed by atoms with Gasteiger partial charge in [-0.2, -0.15) is 0 Å². The summed E-state index contributed by atoms with van der Waals surface area (Å²) in [6.07, 6.45) is 1.11. The summed E-state index contributed by atoms with van der Waals surface area (Å²) < 4.78 is 13.3. The average Bonchev–Trinajstić information content (AvgIpc) is 2.08. The van der Waals surface area contributed by atoms with Crippen molar-refractivity contribution in [1.82, 2.24) is 0 Å². The SMILES string of the molecule is CC(C)CCSc1ccc(N)cc1F. The number of nitrogens with two attached hydrogens (primary N) is 1. The first-order chi connectivity index (χ1) is 6.59. The van der Waals surface area contributed by atoms with Gasteiger partial charge in [0.2, 0.25) is 0 Å². The maximum atomic E-state index is 13.3. The third-order valence-corrected chi connectivity index (χ3v) is 2.99. The molecule has 1 rings (SSSR count). The van der Waals surface area contributed by atoms with Crippen molar-refractivity contribution in [2.24, 2.45) is 5.92 Å². The van der Waals surface area contributed by atoms with Crippen LogP contribution in [-0.2, 0) is 0 Å². The van der Waals surface area contributed by atoms with Crippen LogP contribution in [0, 0.1) is 11.7 Å². The minimum absolute atomic E-state index is 0.209. The van der Waals surface area contributed by atoms with Crippen LogP contribution in [0.1, 0.15) is 20.3 Å². The summed E-state index contributed by atoms with van der Waals surface area (Å²) in [5, 5.41) is 0. The lowest BCUT2D eigenvalue weighted by atomic mass is 10.2. The number of nitrogen functional groups attached to an aromatic ring is 1. The van der Waals surface area contributed by atoms with Gasteiger partial charge in [-0.15, -0.1) is 11.8 Å². The molecule has 0 unspecified atom stereocenters. The predicted molar refractivity (Wildman–Crippen MR) is 61.0 cm³/mol. The van der Waals surface area contributed by atoms with Crippen molar-refractivity contribution in [2.45, 2.75) is 25.2 Å². The van der Waals surface area contributed by atoms with Crippen molar-refractivity contribution in [3.63, 3.8) is 0 Å². The van der Waals surface area contributed by atoms with Crippen LogP contribution < -0.4 is 5.73 Å². The van der Waals surface area contributed by atoms with Crippen LogP contribution in [0.5, 0.6) is 0 Å². The fraction of sp³-hybridized carbons (Fsp3) is 0.455. The molecule has 0 saturated carbocycles. The molecule has 0 amide bonds. The molecule has 0 aliphatic rings. The molecule has 1 nitrogen and oxygen atoms in total. The number of rotatable bonds is 4. The minimum atomic E-state index is -0.209. The summed E-state index contributed by atoms with van der Waals surface area (Å²) in [5.41, 5.74) is 5.94. The van der Waals surface area contributed by atoms with Gasteiger partial charge in [-0.25, -0.2) is 4.39 Å². The number of hydrogen-bond acceptors (Lipinski definition) is 2.